The Balaban J connectivity index is 3.23. The fourth-order valence-corrected chi connectivity index (χ4v) is 0.803. The maximum atomic E-state index is 11.1. The highest BCUT2D eigenvalue weighted by molar-refractivity contribution is 5.80. The standard InChI is InChI=1S/C9H19NO4/c1-8(13-2)9(12)10-4-3-6-14-7-5-11/h8,11H,3-7H2,1-2H3,(H,10,12). The summed E-state index contributed by atoms with van der Waals surface area (Å²) in [4.78, 5) is 11.1. The van der Waals surface area contributed by atoms with E-state index in [1.165, 1.54) is 7.11 Å². The molecule has 0 radical (unpaired) electrons. The van der Waals surface area contributed by atoms with Gasteiger partial charge in [-0.3, -0.25) is 4.79 Å². The maximum absolute atomic E-state index is 11.1. The van der Waals surface area contributed by atoms with Crippen molar-refractivity contribution in [3.63, 3.8) is 0 Å². The quantitative estimate of drug-likeness (QED) is 0.526. The van der Waals surface area contributed by atoms with E-state index >= 15 is 0 Å². The lowest BCUT2D eigenvalue weighted by Crippen LogP contribution is -2.34. The third kappa shape index (κ3) is 6.82. The molecule has 0 saturated heterocycles. The summed E-state index contributed by atoms with van der Waals surface area (Å²) < 4.78 is 9.85. The number of amides is 1. The molecule has 5 heteroatoms. The van der Waals surface area contributed by atoms with Crippen LogP contribution in [0.3, 0.4) is 0 Å². The molecule has 0 fully saturated rings. The Hall–Kier alpha value is -0.650. The molecule has 2 N–H and O–H groups in total. The molecule has 1 atom stereocenters. The van der Waals surface area contributed by atoms with Gasteiger partial charge in [0.1, 0.15) is 6.10 Å². The first-order valence-electron chi connectivity index (χ1n) is 4.71. The Morgan fingerprint density at radius 1 is 1.50 bits per heavy atom. The van der Waals surface area contributed by atoms with Gasteiger partial charge in [-0.15, -0.1) is 0 Å². The van der Waals surface area contributed by atoms with Crippen molar-refractivity contribution in [2.45, 2.75) is 19.4 Å². The second-order valence-electron chi connectivity index (χ2n) is 2.86. The molecule has 1 amide bonds. The van der Waals surface area contributed by atoms with Gasteiger partial charge in [0.05, 0.1) is 13.2 Å². The highest BCUT2D eigenvalue weighted by atomic mass is 16.5. The van der Waals surface area contributed by atoms with Gasteiger partial charge in [0.15, 0.2) is 0 Å². The third-order valence-corrected chi connectivity index (χ3v) is 1.72. The summed E-state index contributed by atoms with van der Waals surface area (Å²) in [6.07, 6.45) is 0.329. The van der Waals surface area contributed by atoms with Gasteiger partial charge in [0, 0.05) is 20.3 Å². The van der Waals surface area contributed by atoms with Crippen molar-refractivity contribution < 1.29 is 19.4 Å². The number of carbonyl (C=O) groups is 1. The zero-order chi connectivity index (χ0) is 10.8. The molecule has 0 rings (SSSR count). The number of nitrogens with one attached hydrogen (secondary N) is 1. The van der Waals surface area contributed by atoms with Gasteiger partial charge in [-0.2, -0.15) is 0 Å². The zero-order valence-electron chi connectivity index (χ0n) is 8.78. The number of aliphatic hydroxyl groups is 1. The largest absolute Gasteiger partial charge is 0.394 e. The molecule has 14 heavy (non-hydrogen) atoms. The first-order chi connectivity index (χ1) is 6.72. The lowest BCUT2D eigenvalue weighted by molar-refractivity contribution is -0.130. The van der Waals surface area contributed by atoms with Crippen LogP contribution >= 0.6 is 0 Å². The molecule has 0 saturated carbocycles. The number of rotatable bonds is 8. The molecule has 0 aromatic rings. The lowest BCUT2D eigenvalue weighted by Gasteiger charge is -2.10. The Morgan fingerprint density at radius 2 is 2.21 bits per heavy atom. The topological polar surface area (TPSA) is 67.8 Å². The van der Waals surface area contributed by atoms with Gasteiger partial charge in [-0.05, 0) is 13.3 Å². The van der Waals surface area contributed by atoms with Crippen LogP contribution in [-0.4, -0.2) is 50.6 Å². The van der Waals surface area contributed by atoms with Crippen LogP contribution in [0.1, 0.15) is 13.3 Å². The second-order valence-corrected chi connectivity index (χ2v) is 2.86. The van der Waals surface area contributed by atoms with Crippen molar-refractivity contribution in [2.75, 3.05) is 33.5 Å². The second kappa shape index (κ2) is 8.93. The Kier molecular flexibility index (Phi) is 8.51. The van der Waals surface area contributed by atoms with E-state index in [0.29, 0.717) is 19.8 Å². The minimum Gasteiger partial charge on any atom is -0.394 e. The van der Waals surface area contributed by atoms with Gasteiger partial charge in [-0.1, -0.05) is 0 Å². The van der Waals surface area contributed by atoms with Crippen LogP contribution < -0.4 is 5.32 Å². The smallest absolute Gasteiger partial charge is 0.248 e. The van der Waals surface area contributed by atoms with Crippen molar-refractivity contribution in [1.29, 1.82) is 0 Å². The van der Waals surface area contributed by atoms with E-state index in [-0.39, 0.29) is 12.5 Å². The fraction of sp³-hybridized carbons (Fsp3) is 0.889. The lowest BCUT2D eigenvalue weighted by atomic mass is 10.3. The summed E-state index contributed by atoms with van der Waals surface area (Å²) in [5.74, 6) is -0.116. The Labute approximate surface area is 84.4 Å². The molecule has 84 valence electrons. The molecular formula is C9H19NO4. The van der Waals surface area contributed by atoms with E-state index in [1.54, 1.807) is 6.92 Å². The number of aliphatic hydroxyl groups excluding tert-OH is 1. The summed E-state index contributed by atoms with van der Waals surface area (Å²) in [5, 5.41) is 11.1. The summed E-state index contributed by atoms with van der Waals surface area (Å²) in [5.41, 5.74) is 0. The van der Waals surface area contributed by atoms with E-state index in [1.807, 2.05) is 0 Å². The Bertz CT molecular complexity index is 152. The average Bonchev–Trinajstić information content (AvgIpc) is 2.21. The van der Waals surface area contributed by atoms with E-state index in [4.69, 9.17) is 14.6 Å². The van der Waals surface area contributed by atoms with Gasteiger partial charge in [-0.25, -0.2) is 0 Å². The summed E-state index contributed by atoms with van der Waals surface area (Å²) >= 11 is 0. The minimum absolute atomic E-state index is 0.0348. The van der Waals surface area contributed by atoms with E-state index < -0.39 is 6.10 Å². The summed E-state index contributed by atoms with van der Waals surface area (Å²) in [6, 6.07) is 0. The molecule has 5 nitrogen and oxygen atoms in total. The molecule has 0 aliphatic carbocycles. The predicted molar refractivity (Wildman–Crippen MR) is 52.0 cm³/mol. The predicted octanol–water partition coefficient (Wildman–Crippen LogP) is -0.463. The number of hydrogen-bond donors (Lipinski definition) is 2. The number of ether oxygens (including phenoxy) is 2. The van der Waals surface area contributed by atoms with Gasteiger partial charge in [0.25, 0.3) is 0 Å². The van der Waals surface area contributed by atoms with Crippen molar-refractivity contribution in [3.8, 4) is 0 Å². The Morgan fingerprint density at radius 3 is 2.79 bits per heavy atom. The molecular weight excluding hydrogens is 186 g/mol. The normalized spacial score (nSPS) is 12.5. The molecule has 0 aromatic heterocycles. The number of carbonyl (C=O) groups excluding carboxylic acids is 1. The van der Waals surface area contributed by atoms with E-state index in [2.05, 4.69) is 5.32 Å². The van der Waals surface area contributed by atoms with Gasteiger partial charge in [0.2, 0.25) is 5.91 Å². The van der Waals surface area contributed by atoms with Crippen LogP contribution in [0, 0.1) is 0 Å². The van der Waals surface area contributed by atoms with E-state index in [9.17, 15) is 4.79 Å². The third-order valence-electron chi connectivity index (χ3n) is 1.72. The first kappa shape index (κ1) is 13.4. The maximum Gasteiger partial charge on any atom is 0.248 e. The van der Waals surface area contributed by atoms with Crippen LogP contribution in [0.4, 0.5) is 0 Å². The number of methoxy groups -OCH3 is 1. The molecule has 0 aromatic carbocycles. The number of hydrogen-bond acceptors (Lipinski definition) is 4. The van der Waals surface area contributed by atoms with Crippen LogP contribution in [0.2, 0.25) is 0 Å². The molecule has 1 unspecified atom stereocenters. The van der Waals surface area contributed by atoms with Crippen LogP contribution in [0.15, 0.2) is 0 Å². The molecule has 0 heterocycles. The SMILES string of the molecule is COC(C)C(=O)NCCCOCCO. The average molecular weight is 205 g/mol. The summed E-state index contributed by atoms with van der Waals surface area (Å²) in [6.45, 7) is 3.19. The highest BCUT2D eigenvalue weighted by Crippen LogP contribution is 1.87. The first-order valence-corrected chi connectivity index (χ1v) is 4.71. The molecule has 0 bridgehead atoms. The van der Waals surface area contributed by atoms with Crippen molar-refractivity contribution in [2.24, 2.45) is 0 Å². The molecule has 0 aliphatic rings. The van der Waals surface area contributed by atoms with Crippen molar-refractivity contribution in [1.82, 2.24) is 5.32 Å². The minimum atomic E-state index is -0.409. The van der Waals surface area contributed by atoms with Gasteiger partial charge >= 0.3 is 0 Å². The van der Waals surface area contributed by atoms with Crippen molar-refractivity contribution >= 4 is 5.91 Å². The summed E-state index contributed by atoms with van der Waals surface area (Å²) in [7, 11) is 1.49. The zero-order valence-corrected chi connectivity index (χ0v) is 8.78. The molecule has 0 aliphatic heterocycles. The van der Waals surface area contributed by atoms with Gasteiger partial charge < -0.3 is 19.9 Å². The van der Waals surface area contributed by atoms with Crippen molar-refractivity contribution in [3.05, 3.63) is 0 Å². The van der Waals surface area contributed by atoms with Crippen LogP contribution in [0.25, 0.3) is 0 Å². The molecule has 0 spiro atoms. The highest BCUT2D eigenvalue weighted by Gasteiger charge is 2.09. The monoisotopic (exact) mass is 205 g/mol. The van der Waals surface area contributed by atoms with Crippen LogP contribution in [-0.2, 0) is 14.3 Å². The van der Waals surface area contributed by atoms with Crippen LogP contribution in [0.5, 0.6) is 0 Å². The fourth-order valence-electron chi connectivity index (χ4n) is 0.803. The van der Waals surface area contributed by atoms with E-state index in [0.717, 1.165) is 6.42 Å².